The van der Waals surface area contributed by atoms with Crippen LogP contribution in [0.1, 0.15) is 65.0 Å². The molecule has 13 nitrogen and oxygen atoms in total. The van der Waals surface area contributed by atoms with E-state index in [9.17, 15) is 24.0 Å². The van der Waals surface area contributed by atoms with Gasteiger partial charge in [0, 0.05) is 12.2 Å². The second-order valence-electron chi connectivity index (χ2n) is 10.5. The summed E-state index contributed by atoms with van der Waals surface area (Å²) in [5, 5.41) is 10.6. The molecule has 1 atom stereocenters. The summed E-state index contributed by atoms with van der Waals surface area (Å²) in [4.78, 5) is 57.4. The van der Waals surface area contributed by atoms with Gasteiger partial charge in [0.05, 0.1) is 25.7 Å². The van der Waals surface area contributed by atoms with Crippen molar-refractivity contribution in [1.29, 1.82) is 0 Å². The average Bonchev–Trinajstić information content (AvgIpc) is 2.96. The number of aldehydes is 1. The van der Waals surface area contributed by atoms with Gasteiger partial charge in [-0.05, 0) is 70.8 Å². The first-order chi connectivity index (χ1) is 21.2. The number of hydrogen-bond acceptors (Lipinski definition) is 8. The molecule has 0 heterocycles. The van der Waals surface area contributed by atoms with E-state index < -0.39 is 29.9 Å². The number of alkyl carbamates (subject to hydrolysis) is 1. The Bertz CT molecular complexity index is 1150. The molecule has 0 bridgehead atoms. The molecule has 1 aromatic rings. The Morgan fingerprint density at radius 1 is 1.11 bits per heavy atom. The highest BCUT2D eigenvalue weighted by atomic mass is 16.6. The second-order valence-corrected chi connectivity index (χ2v) is 10.5. The summed E-state index contributed by atoms with van der Waals surface area (Å²) in [6.45, 7) is 11.9. The molecule has 0 aromatic heterocycles. The Morgan fingerprint density at radius 3 is 2.27 bits per heavy atom. The molecule has 1 rings (SSSR count). The highest BCUT2D eigenvalue weighted by Crippen LogP contribution is 2.18. The fourth-order valence-electron chi connectivity index (χ4n) is 3.21. The molecule has 45 heavy (non-hydrogen) atoms. The van der Waals surface area contributed by atoms with E-state index in [1.165, 1.54) is 11.3 Å². The lowest BCUT2D eigenvalue weighted by molar-refractivity contribution is -0.118. The van der Waals surface area contributed by atoms with Crippen molar-refractivity contribution in [2.45, 2.75) is 79.0 Å². The summed E-state index contributed by atoms with van der Waals surface area (Å²) < 4.78 is 9.79. The fourth-order valence-corrected chi connectivity index (χ4v) is 3.21. The maximum atomic E-state index is 12.6. The number of urea groups is 1. The van der Waals surface area contributed by atoms with E-state index >= 15 is 0 Å². The van der Waals surface area contributed by atoms with Crippen LogP contribution in [0.5, 0.6) is 0 Å². The molecular formula is C32H50N6O7. The quantitative estimate of drug-likeness (QED) is 0.125. The number of carbonyl (C=O) groups excluding carboxylic acids is 5. The zero-order valence-corrected chi connectivity index (χ0v) is 27.6. The van der Waals surface area contributed by atoms with Gasteiger partial charge in [0.15, 0.2) is 6.61 Å². The molecule has 0 saturated carbocycles. The number of nitrogens with zero attached hydrogens (tertiary/aromatic N) is 1. The molecular weight excluding hydrogens is 580 g/mol. The van der Waals surface area contributed by atoms with Gasteiger partial charge in [0.25, 0.3) is 0 Å². The minimum atomic E-state index is -0.607. The van der Waals surface area contributed by atoms with Crippen LogP contribution < -0.4 is 27.0 Å². The normalized spacial score (nSPS) is 10.4. The highest BCUT2D eigenvalue weighted by molar-refractivity contribution is 5.95. The molecule has 250 valence electrons. The van der Waals surface area contributed by atoms with Crippen molar-refractivity contribution in [3.05, 3.63) is 29.3 Å². The number of primary amides is 1. The molecule has 0 aliphatic heterocycles. The second kappa shape index (κ2) is 24.7. The van der Waals surface area contributed by atoms with Gasteiger partial charge in [-0.15, -0.1) is 12.8 Å². The average molecular weight is 631 g/mol. The van der Waals surface area contributed by atoms with Crippen molar-refractivity contribution in [3.63, 3.8) is 0 Å². The van der Waals surface area contributed by atoms with Crippen molar-refractivity contribution in [2.75, 3.05) is 38.6 Å². The molecule has 5 amide bonds. The Kier molecular flexibility index (Phi) is 23.2. The van der Waals surface area contributed by atoms with Crippen molar-refractivity contribution < 1.29 is 33.4 Å². The number of benzene rings is 1. The van der Waals surface area contributed by atoms with Gasteiger partial charge in [-0.25, -0.2) is 14.4 Å². The van der Waals surface area contributed by atoms with Gasteiger partial charge >= 0.3 is 18.2 Å². The summed E-state index contributed by atoms with van der Waals surface area (Å²) in [5.41, 5.74) is 6.83. The predicted octanol–water partition coefficient (Wildman–Crippen LogP) is 3.30. The largest absolute Gasteiger partial charge is 0.444 e. The van der Waals surface area contributed by atoms with Crippen molar-refractivity contribution in [3.8, 4) is 24.7 Å². The van der Waals surface area contributed by atoms with Crippen molar-refractivity contribution in [1.82, 2.24) is 20.9 Å². The molecule has 1 aromatic carbocycles. The monoisotopic (exact) mass is 630 g/mol. The van der Waals surface area contributed by atoms with E-state index in [0.29, 0.717) is 31.4 Å². The molecule has 13 heteroatoms. The topological polar surface area (TPSA) is 181 Å². The number of aryl methyl sites for hydroxylation is 1. The van der Waals surface area contributed by atoms with Gasteiger partial charge < -0.3 is 41.3 Å². The minimum absolute atomic E-state index is 0.00505. The van der Waals surface area contributed by atoms with Crippen LogP contribution >= 0.6 is 0 Å². The summed E-state index contributed by atoms with van der Waals surface area (Å²) in [7, 11) is 1.69. The molecule has 6 N–H and O–H groups in total. The number of hydrogen-bond donors (Lipinski definition) is 5. The zero-order valence-electron chi connectivity index (χ0n) is 27.6. The minimum Gasteiger partial charge on any atom is -0.444 e. The number of ether oxygens (including phenoxy) is 2. The Balaban J connectivity index is 0. The van der Waals surface area contributed by atoms with Gasteiger partial charge in [-0.1, -0.05) is 38.2 Å². The molecule has 0 fully saturated rings. The standard InChI is InChI=1S/C22H29N5O4.C7H13NO3.C3H8/c1-5-12-27(22(30)31-13-6-2)15-17-14-18(10-9-16(17)3)26-20(28)19(24-4)8-7-11-25-21(23)29;1-7(2,3)11-6(10)8-4-5-9;1-3-2/h1-2,9-10,14,19,24H,7-8,11-13,15H2,3-4H3,(H,26,28)(H3,23,25,29);5H,4H2,1-3H3,(H,8,10);3H2,1-2H3. The zero-order chi connectivity index (χ0) is 34.8. The number of amides is 5. The lowest BCUT2D eigenvalue weighted by Crippen LogP contribution is -2.39. The predicted molar refractivity (Wildman–Crippen MR) is 175 cm³/mol. The Hall–Kier alpha value is -4.75. The number of carbonyl (C=O) groups is 5. The molecule has 0 saturated heterocycles. The van der Waals surface area contributed by atoms with Gasteiger partial charge in [-0.2, -0.15) is 0 Å². The number of nitrogens with two attached hydrogens (primary N) is 1. The van der Waals surface area contributed by atoms with Crippen LogP contribution in [0.15, 0.2) is 18.2 Å². The lowest BCUT2D eigenvalue weighted by atomic mass is 10.1. The summed E-state index contributed by atoms with van der Waals surface area (Å²) in [6.07, 6.45) is 12.3. The van der Waals surface area contributed by atoms with Gasteiger partial charge in [0.2, 0.25) is 5.91 Å². The third-order valence-electron chi connectivity index (χ3n) is 5.16. The molecule has 0 radical (unpaired) electrons. The summed E-state index contributed by atoms with van der Waals surface area (Å²) in [5.74, 6) is 4.45. The van der Waals surface area contributed by atoms with Crippen LogP contribution in [0, 0.1) is 31.6 Å². The van der Waals surface area contributed by atoms with Crippen LogP contribution in [-0.4, -0.2) is 80.2 Å². The highest BCUT2D eigenvalue weighted by Gasteiger charge is 2.19. The third-order valence-corrected chi connectivity index (χ3v) is 5.16. The Labute approximate surface area is 267 Å². The van der Waals surface area contributed by atoms with E-state index in [1.54, 1.807) is 40.0 Å². The molecule has 0 aliphatic carbocycles. The Morgan fingerprint density at radius 2 is 1.76 bits per heavy atom. The fraction of sp³-hybridized carbons (Fsp3) is 0.531. The summed E-state index contributed by atoms with van der Waals surface area (Å²) in [6, 6.07) is 4.36. The first kappa shape index (κ1) is 42.4. The molecule has 0 aliphatic rings. The SMILES string of the molecule is C#CCOC(=O)N(CC#C)Cc1cc(NC(=O)C(CCCNC(N)=O)NC)ccc1C.CC(C)(C)OC(=O)NCC=O.CCC. The maximum Gasteiger partial charge on any atom is 0.411 e. The lowest BCUT2D eigenvalue weighted by Gasteiger charge is -2.21. The molecule has 1 unspecified atom stereocenters. The van der Waals surface area contributed by atoms with E-state index in [4.69, 9.17) is 28.1 Å². The number of rotatable bonds is 13. The van der Waals surface area contributed by atoms with Crippen molar-refractivity contribution in [2.24, 2.45) is 5.73 Å². The van der Waals surface area contributed by atoms with Gasteiger partial charge in [0.1, 0.15) is 11.9 Å². The smallest absolute Gasteiger partial charge is 0.411 e. The van der Waals surface area contributed by atoms with E-state index in [-0.39, 0.29) is 32.1 Å². The van der Waals surface area contributed by atoms with Crippen LogP contribution in [0.3, 0.4) is 0 Å². The van der Waals surface area contributed by atoms with E-state index in [1.807, 2.05) is 13.0 Å². The van der Waals surface area contributed by atoms with Crippen LogP contribution in [-0.2, 0) is 25.6 Å². The first-order valence-corrected chi connectivity index (χ1v) is 14.5. The molecule has 0 spiro atoms. The maximum absolute atomic E-state index is 12.6. The number of anilines is 1. The van der Waals surface area contributed by atoms with E-state index in [0.717, 1.165) is 11.1 Å². The number of nitrogens with one attached hydrogen (secondary N) is 4. The first-order valence-electron chi connectivity index (χ1n) is 14.5. The van der Waals surface area contributed by atoms with E-state index in [2.05, 4.69) is 47.0 Å². The van der Waals surface area contributed by atoms with Crippen LogP contribution in [0.4, 0.5) is 20.1 Å². The third kappa shape index (κ3) is 22.5. The van der Waals surface area contributed by atoms with Crippen molar-refractivity contribution >= 4 is 36.1 Å². The van der Waals surface area contributed by atoms with Crippen LogP contribution in [0.2, 0.25) is 0 Å². The summed E-state index contributed by atoms with van der Waals surface area (Å²) >= 11 is 0. The number of terminal acetylenes is 2. The van der Waals surface area contributed by atoms with Crippen LogP contribution in [0.25, 0.3) is 0 Å². The van der Waals surface area contributed by atoms with Gasteiger partial charge in [-0.3, -0.25) is 9.69 Å². The number of likely N-dealkylation sites (N-methyl/N-ethyl adjacent to an activating group) is 1.